The van der Waals surface area contributed by atoms with Gasteiger partial charge in [0.05, 0.1) is 5.56 Å². The Morgan fingerprint density at radius 1 is 1.05 bits per heavy atom. The van der Waals surface area contributed by atoms with E-state index in [0.717, 1.165) is 36.1 Å². The predicted molar refractivity (Wildman–Crippen MR) is 143 cm³/mol. The van der Waals surface area contributed by atoms with E-state index in [9.17, 15) is 23.1 Å². The summed E-state index contributed by atoms with van der Waals surface area (Å²) in [7, 11) is 0. The third-order valence-corrected chi connectivity index (χ3v) is 7.10. The maximum absolute atomic E-state index is 13.2. The SMILES string of the molecule is C[C@@H](Nc1nc(C(=O)O)nc2nc(-c3cccc(C(C)(C)C)c3)n(Cc3ccc(C(F)(F)F)cc3)c12)C1CC1. The highest BCUT2D eigenvalue weighted by Crippen LogP contribution is 2.36. The van der Waals surface area contributed by atoms with E-state index in [1.165, 1.54) is 12.1 Å². The van der Waals surface area contributed by atoms with Crippen LogP contribution >= 0.6 is 0 Å². The van der Waals surface area contributed by atoms with E-state index >= 15 is 0 Å². The maximum atomic E-state index is 13.2. The third kappa shape index (κ3) is 5.60. The minimum Gasteiger partial charge on any atom is -0.475 e. The number of carboxylic acids is 1. The summed E-state index contributed by atoms with van der Waals surface area (Å²) in [5.41, 5.74) is 2.33. The van der Waals surface area contributed by atoms with Crippen LogP contribution < -0.4 is 5.32 Å². The van der Waals surface area contributed by atoms with E-state index < -0.39 is 17.7 Å². The fraction of sp³-hybridized carbons (Fsp3) is 0.379. The number of nitrogens with one attached hydrogen (secondary N) is 1. The van der Waals surface area contributed by atoms with Gasteiger partial charge in [0.1, 0.15) is 11.3 Å². The molecule has 1 aliphatic carbocycles. The highest BCUT2D eigenvalue weighted by atomic mass is 19.4. The summed E-state index contributed by atoms with van der Waals surface area (Å²) < 4.78 is 41.4. The van der Waals surface area contributed by atoms with Crippen LogP contribution in [0.5, 0.6) is 0 Å². The Morgan fingerprint density at radius 2 is 1.74 bits per heavy atom. The quantitative estimate of drug-likeness (QED) is 0.270. The first-order chi connectivity index (χ1) is 18.3. The zero-order valence-electron chi connectivity index (χ0n) is 22.2. The standard InChI is InChI=1S/C29H30F3N5O2/c1-16(18-10-11-18)33-23-22-24(35-25(34-23)27(38)39)36-26(19-6-5-7-21(14-19)28(2,3)4)37(22)15-17-8-12-20(13-9-17)29(30,31)32/h5-9,12-14,16,18H,10-11,15H2,1-4H3,(H,38,39)(H,33,34,35)/t16-/m1/s1. The molecule has 1 fully saturated rings. The van der Waals surface area contributed by atoms with Crippen molar-refractivity contribution in [3.05, 3.63) is 71.0 Å². The summed E-state index contributed by atoms with van der Waals surface area (Å²) in [4.78, 5) is 25.2. The second kappa shape index (κ2) is 9.66. The Hall–Kier alpha value is -3.95. The summed E-state index contributed by atoms with van der Waals surface area (Å²) in [6.45, 7) is 8.51. The van der Waals surface area contributed by atoms with E-state index in [0.29, 0.717) is 28.6 Å². The van der Waals surface area contributed by atoms with Crippen molar-refractivity contribution in [3.63, 3.8) is 0 Å². The first-order valence-corrected chi connectivity index (χ1v) is 12.9. The van der Waals surface area contributed by atoms with Crippen molar-refractivity contribution in [2.75, 3.05) is 5.32 Å². The molecule has 4 aromatic rings. The van der Waals surface area contributed by atoms with Gasteiger partial charge >= 0.3 is 12.1 Å². The van der Waals surface area contributed by atoms with Crippen molar-refractivity contribution in [1.82, 2.24) is 19.5 Å². The molecule has 2 aromatic heterocycles. The number of hydrogen-bond donors (Lipinski definition) is 2. The van der Waals surface area contributed by atoms with Gasteiger partial charge in [0, 0.05) is 18.2 Å². The highest BCUT2D eigenvalue weighted by Gasteiger charge is 2.31. The molecule has 5 rings (SSSR count). The summed E-state index contributed by atoms with van der Waals surface area (Å²) in [5.74, 6) is -0.323. The molecule has 0 bridgehead atoms. The van der Waals surface area contributed by atoms with E-state index in [1.807, 2.05) is 35.8 Å². The molecule has 0 aliphatic heterocycles. The summed E-state index contributed by atoms with van der Waals surface area (Å²) in [6.07, 6.45) is -2.29. The van der Waals surface area contributed by atoms with Crippen molar-refractivity contribution in [2.24, 2.45) is 5.92 Å². The number of halogens is 3. The van der Waals surface area contributed by atoms with Gasteiger partial charge in [-0.05, 0) is 60.4 Å². The lowest BCUT2D eigenvalue weighted by Crippen LogP contribution is -2.20. The highest BCUT2D eigenvalue weighted by molar-refractivity contribution is 5.92. The van der Waals surface area contributed by atoms with Gasteiger partial charge in [0.25, 0.3) is 0 Å². The Balaban J connectivity index is 1.71. The lowest BCUT2D eigenvalue weighted by molar-refractivity contribution is -0.137. The molecule has 0 radical (unpaired) electrons. The van der Waals surface area contributed by atoms with Crippen LogP contribution in [-0.4, -0.2) is 36.6 Å². The molecule has 204 valence electrons. The number of alkyl halides is 3. The van der Waals surface area contributed by atoms with Gasteiger partial charge in [0.15, 0.2) is 11.5 Å². The van der Waals surface area contributed by atoms with E-state index in [-0.39, 0.29) is 29.5 Å². The molecule has 0 unspecified atom stereocenters. The molecule has 2 heterocycles. The van der Waals surface area contributed by atoms with Crippen LogP contribution in [0.2, 0.25) is 0 Å². The lowest BCUT2D eigenvalue weighted by atomic mass is 9.86. The summed E-state index contributed by atoms with van der Waals surface area (Å²) in [6, 6.07) is 12.9. The molecule has 1 aliphatic rings. The van der Waals surface area contributed by atoms with Gasteiger partial charge in [-0.25, -0.2) is 19.7 Å². The van der Waals surface area contributed by atoms with Gasteiger partial charge in [-0.1, -0.05) is 51.1 Å². The average molecular weight is 538 g/mol. The van der Waals surface area contributed by atoms with Crippen molar-refractivity contribution >= 4 is 23.0 Å². The number of anilines is 1. The fourth-order valence-corrected chi connectivity index (χ4v) is 4.64. The third-order valence-electron chi connectivity index (χ3n) is 7.10. The zero-order chi connectivity index (χ0) is 28.1. The number of hydrogen-bond acceptors (Lipinski definition) is 5. The number of nitrogens with zero attached hydrogens (tertiary/aromatic N) is 4. The van der Waals surface area contributed by atoms with Crippen LogP contribution in [0, 0.1) is 5.92 Å². The van der Waals surface area contributed by atoms with Crippen LogP contribution in [0.25, 0.3) is 22.6 Å². The van der Waals surface area contributed by atoms with Gasteiger partial charge in [-0.2, -0.15) is 13.2 Å². The first-order valence-electron chi connectivity index (χ1n) is 12.9. The Kier molecular flexibility index (Phi) is 6.60. The molecular formula is C29H30F3N5O2. The number of imidazole rings is 1. The lowest BCUT2D eigenvalue weighted by Gasteiger charge is -2.20. The van der Waals surface area contributed by atoms with Crippen molar-refractivity contribution < 1.29 is 23.1 Å². The fourth-order valence-electron chi connectivity index (χ4n) is 4.64. The van der Waals surface area contributed by atoms with E-state index in [4.69, 9.17) is 4.98 Å². The molecule has 1 saturated carbocycles. The molecule has 7 nitrogen and oxygen atoms in total. The second-order valence-electron chi connectivity index (χ2n) is 11.2. The van der Waals surface area contributed by atoms with Crippen molar-refractivity contribution in [3.8, 4) is 11.4 Å². The number of benzene rings is 2. The predicted octanol–water partition coefficient (Wildman–Crippen LogP) is 6.77. The molecule has 2 aromatic carbocycles. The number of carboxylic acid groups (broad SMARTS) is 1. The molecule has 0 spiro atoms. The van der Waals surface area contributed by atoms with Crippen LogP contribution in [-0.2, 0) is 18.1 Å². The van der Waals surface area contributed by atoms with Crippen LogP contribution in [0.15, 0.2) is 48.5 Å². The molecule has 2 N–H and O–H groups in total. The van der Waals surface area contributed by atoms with E-state index in [2.05, 4.69) is 36.1 Å². The molecule has 10 heteroatoms. The Morgan fingerprint density at radius 3 is 2.33 bits per heavy atom. The van der Waals surface area contributed by atoms with Gasteiger partial charge in [-0.3, -0.25) is 0 Å². The topological polar surface area (TPSA) is 92.9 Å². The Labute approximate surface area is 224 Å². The minimum atomic E-state index is -4.43. The van der Waals surface area contributed by atoms with Gasteiger partial charge in [0.2, 0.25) is 5.82 Å². The van der Waals surface area contributed by atoms with E-state index in [1.54, 1.807) is 0 Å². The second-order valence-corrected chi connectivity index (χ2v) is 11.2. The molecule has 0 amide bonds. The molecule has 0 saturated heterocycles. The van der Waals surface area contributed by atoms with Crippen LogP contribution in [0.3, 0.4) is 0 Å². The molecule has 39 heavy (non-hydrogen) atoms. The minimum absolute atomic E-state index is 0.0480. The summed E-state index contributed by atoms with van der Waals surface area (Å²) in [5, 5.41) is 13.1. The first kappa shape index (κ1) is 26.6. The van der Waals surface area contributed by atoms with Crippen LogP contribution in [0.4, 0.5) is 19.0 Å². The van der Waals surface area contributed by atoms with Crippen molar-refractivity contribution in [1.29, 1.82) is 0 Å². The maximum Gasteiger partial charge on any atom is 0.416 e. The number of fused-ring (bicyclic) bond motifs is 1. The summed E-state index contributed by atoms with van der Waals surface area (Å²) >= 11 is 0. The monoisotopic (exact) mass is 537 g/mol. The average Bonchev–Trinajstić information content (AvgIpc) is 3.66. The number of aromatic nitrogens is 4. The largest absolute Gasteiger partial charge is 0.475 e. The number of aromatic carboxylic acids is 1. The normalized spacial score (nSPS) is 14.9. The van der Waals surface area contributed by atoms with Crippen LogP contribution in [0.1, 0.15) is 67.8 Å². The number of carbonyl (C=O) groups is 1. The Bertz CT molecular complexity index is 1530. The zero-order valence-corrected chi connectivity index (χ0v) is 22.2. The van der Waals surface area contributed by atoms with Gasteiger partial charge < -0.3 is 15.0 Å². The number of rotatable bonds is 7. The molecular weight excluding hydrogens is 507 g/mol. The van der Waals surface area contributed by atoms with Crippen molar-refractivity contribution in [2.45, 2.75) is 64.7 Å². The smallest absolute Gasteiger partial charge is 0.416 e. The molecule has 1 atom stereocenters. The van der Waals surface area contributed by atoms with Gasteiger partial charge in [-0.15, -0.1) is 0 Å².